The third kappa shape index (κ3) is 18.2. The predicted octanol–water partition coefficient (Wildman–Crippen LogP) is 17.5. The summed E-state index contributed by atoms with van der Waals surface area (Å²) in [5, 5.41) is 50.7. The van der Waals surface area contributed by atoms with E-state index in [9.17, 15) is 24.4 Å². The molecule has 0 aliphatic rings. The predicted molar refractivity (Wildman–Crippen MR) is 387 cm³/mol. The number of nitrogens with zero attached hydrogens (tertiary/aromatic N) is 10. The lowest BCUT2D eigenvalue weighted by molar-refractivity contribution is 0.111. The molecule has 0 spiro atoms. The molecule has 10 aromatic carbocycles. The van der Waals surface area contributed by atoms with E-state index in [0.717, 1.165) is 101 Å². The zero-order valence-electron chi connectivity index (χ0n) is 52.9. The summed E-state index contributed by atoms with van der Waals surface area (Å²) in [5.41, 5.74) is 15.0. The second-order valence-electron chi connectivity index (χ2n) is 21.6. The molecule has 0 saturated heterocycles. The summed E-state index contributed by atoms with van der Waals surface area (Å²) < 4.78 is 0. The van der Waals surface area contributed by atoms with Crippen LogP contribution in [-0.4, -0.2) is 81.5 Å². The van der Waals surface area contributed by atoms with Crippen LogP contribution in [0.25, 0.3) is 61.5 Å². The van der Waals surface area contributed by atoms with E-state index in [1.54, 1.807) is 12.1 Å². The highest BCUT2D eigenvalue weighted by Gasteiger charge is 2.15. The molecule has 14 nitrogen and oxygen atoms in total. The first-order valence-corrected chi connectivity index (χ1v) is 28.7. The second-order valence-corrected chi connectivity index (χ2v) is 21.6. The number of hydrogen-bond donors (Lipinski definition) is 0. The fourth-order valence-corrected chi connectivity index (χ4v) is 9.59. The molecule has 0 saturated carbocycles. The van der Waals surface area contributed by atoms with E-state index in [1.165, 1.54) is 12.1 Å². The van der Waals surface area contributed by atoms with Crippen molar-refractivity contribution in [3.05, 3.63) is 265 Å². The summed E-state index contributed by atoms with van der Waals surface area (Å²) in [7, 11) is 15.9. The van der Waals surface area contributed by atoms with Crippen LogP contribution >= 0.6 is 0 Å². The number of carbonyl (C=O) groups is 4. The Hall–Kier alpha value is -12.7. The number of aryl methyl sites for hydroxylation is 2. The maximum atomic E-state index is 10.8. The summed E-state index contributed by atoms with van der Waals surface area (Å²) in [6.45, 7) is 11.6. The summed E-state index contributed by atoms with van der Waals surface area (Å²) in [6, 6.07) is 63.5. The van der Waals surface area contributed by atoms with Gasteiger partial charge in [-0.05, 0) is 143 Å². The van der Waals surface area contributed by atoms with Gasteiger partial charge < -0.3 is 19.6 Å². The number of aldehydes is 4. The lowest BCUT2D eigenvalue weighted by atomic mass is 9.95. The maximum Gasteiger partial charge on any atom is 0.202 e. The van der Waals surface area contributed by atoms with E-state index in [1.807, 2.05) is 214 Å². The Bertz CT molecular complexity index is 4380. The molecule has 0 atom stereocenters. The number of carbonyl (C=O) groups excluding carboxylic acids is 4. The third-order valence-electron chi connectivity index (χ3n) is 14.9. The Morgan fingerprint density at radius 3 is 0.862 bits per heavy atom. The quantitative estimate of drug-likeness (QED) is 0.0635. The van der Waals surface area contributed by atoms with E-state index in [0.29, 0.717) is 45.7 Å². The maximum absolute atomic E-state index is 10.8. The molecule has 468 valence electrons. The second kappa shape index (κ2) is 35.5. The normalized spacial score (nSPS) is 9.87. The minimum Gasteiger partial charge on any atom is -0.378 e. The van der Waals surface area contributed by atoms with Gasteiger partial charge in [-0.1, -0.05) is 124 Å². The van der Waals surface area contributed by atoms with Crippen molar-refractivity contribution in [2.24, 2.45) is 0 Å². The van der Waals surface area contributed by atoms with Gasteiger partial charge in [0.15, 0.2) is 12.6 Å². The summed E-state index contributed by atoms with van der Waals surface area (Å²) in [4.78, 5) is 54.2. The minimum atomic E-state index is 0. The topological polar surface area (TPSA) is 205 Å². The Kier molecular flexibility index (Phi) is 27.8. The fraction of sp³-hybridized carbons (Fsp3) is 0.150. The average Bonchev–Trinajstić information content (AvgIpc) is 0.798. The summed E-state index contributed by atoms with van der Waals surface area (Å²) >= 11 is 0. The van der Waals surface area contributed by atoms with Gasteiger partial charge in [0, 0.05) is 123 Å². The molecule has 0 unspecified atom stereocenters. The number of fused-ring (bicyclic) bond motifs is 3. The highest BCUT2D eigenvalue weighted by Crippen LogP contribution is 2.36. The molecule has 0 bridgehead atoms. The molecule has 0 amide bonds. The zero-order valence-corrected chi connectivity index (χ0v) is 52.9. The number of benzene rings is 10. The molecular weight excluding hydrogens is 1160 g/mol. The number of nitriles is 5. The van der Waals surface area contributed by atoms with Crippen molar-refractivity contribution in [3.8, 4) is 30.3 Å². The van der Waals surface area contributed by atoms with Crippen LogP contribution in [0.15, 0.2) is 170 Å². The van der Waals surface area contributed by atoms with Crippen molar-refractivity contribution >= 4 is 110 Å². The van der Waals surface area contributed by atoms with Gasteiger partial charge >= 0.3 is 0 Å². The Morgan fingerprint density at radius 1 is 0.309 bits per heavy atom. The highest BCUT2D eigenvalue weighted by molar-refractivity contribution is 6.04. The largest absolute Gasteiger partial charge is 0.378 e. The van der Waals surface area contributed by atoms with E-state index in [2.05, 4.69) is 81.4 Å². The first kappa shape index (κ1) is 73.7. The molecule has 0 aromatic heterocycles. The molecule has 10 aromatic rings. The number of anilines is 4. The molecule has 94 heavy (non-hydrogen) atoms. The van der Waals surface area contributed by atoms with Crippen LogP contribution in [0.4, 0.5) is 28.4 Å². The van der Waals surface area contributed by atoms with Crippen molar-refractivity contribution in [2.75, 3.05) is 76.0 Å². The van der Waals surface area contributed by atoms with Crippen LogP contribution < -0.4 is 19.6 Å². The van der Waals surface area contributed by atoms with Gasteiger partial charge in [0.05, 0.1) is 34.4 Å². The molecule has 0 aliphatic carbocycles. The molecule has 0 heterocycles. The molecule has 0 N–H and O–H groups in total. The Morgan fingerprint density at radius 2 is 0.564 bits per heavy atom. The van der Waals surface area contributed by atoms with Gasteiger partial charge in [0.25, 0.3) is 0 Å². The molecular formula is C80H74N10O4. The van der Waals surface area contributed by atoms with Crippen LogP contribution in [0.5, 0.6) is 0 Å². The van der Waals surface area contributed by atoms with Crippen LogP contribution in [0.2, 0.25) is 0 Å². The monoisotopic (exact) mass is 1240 g/mol. The Labute approximate surface area is 552 Å². The first-order chi connectivity index (χ1) is 44.3. The van der Waals surface area contributed by atoms with Gasteiger partial charge in [-0.3, -0.25) is 19.2 Å². The van der Waals surface area contributed by atoms with E-state index in [4.69, 9.17) is 27.6 Å². The van der Waals surface area contributed by atoms with Crippen molar-refractivity contribution in [1.82, 2.24) is 0 Å². The Balaban J connectivity index is 0.000000273. The SMILES string of the molecule is C.C.CN(C)c1ccc(C=O)cc1.CN(C)c1ccc(C=O)cc1.Cc1ccc2c(C#N)c(C)ccc2c1C#N.N#Cc1c(C=O)ccc2c(C#N)c(C=O)ccc12.[C-]#[N+]c1c(C=Cc2ccc(N(C)C)cc2)ccc2c(C#N)c(C=Cc3ccc(N(C)C)cc3)ccc12. The minimum absolute atomic E-state index is 0. The van der Waals surface area contributed by atoms with Crippen LogP contribution in [0, 0.1) is 77.1 Å². The van der Waals surface area contributed by atoms with E-state index < -0.39 is 0 Å². The van der Waals surface area contributed by atoms with Gasteiger partial charge in [-0.2, -0.15) is 26.3 Å². The van der Waals surface area contributed by atoms with Crippen molar-refractivity contribution < 1.29 is 19.2 Å². The van der Waals surface area contributed by atoms with Gasteiger partial charge in [0.1, 0.15) is 42.9 Å². The van der Waals surface area contributed by atoms with Crippen LogP contribution in [-0.2, 0) is 0 Å². The lowest BCUT2D eigenvalue weighted by Gasteiger charge is -2.12. The van der Waals surface area contributed by atoms with Crippen LogP contribution in [0.1, 0.15) is 117 Å². The molecule has 14 heteroatoms. The summed E-state index contributed by atoms with van der Waals surface area (Å²) in [6.07, 6.45) is 10.8. The molecule has 0 radical (unpaired) electrons. The fourth-order valence-electron chi connectivity index (χ4n) is 9.59. The number of rotatable bonds is 12. The van der Waals surface area contributed by atoms with Crippen LogP contribution in [0.3, 0.4) is 0 Å². The standard InChI is InChI=1S/C32H28N4.C14H6N2O2.C14H10N2.2C9H11NO.2CH4/c1-34-32-26(13-7-24-10-18-28(19-11-24)36(4)5)15-20-29-30(32)21-14-25(31(29)22-33)12-6-23-8-16-27(17-9-23)35(2)3;15-5-13-9(7-17)1-3-11-12(13)4-2-10(8-18)14(11)6-16;1-9-3-5-12-11(13(9)7-15)6-4-10(2)14(12)8-16;2*1-10(2)9-5-3-8(7-11)4-6-9;;/h6-21H,2-5H3;1-4,7-8H;3-6H,1-2H3;2*3-7H,1-2H3;2*1H4. The number of hydrogen-bond acceptors (Lipinski definition) is 13. The lowest BCUT2D eigenvalue weighted by Crippen LogP contribution is -2.08. The van der Waals surface area contributed by atoms with Gasteiger partial charge in [0.2, 0.25) is 5.69 Å². The zero-order chi connectivity index (χ0) is 67.0. The molecule has 10 rings (SSSR count). The molecule has 0 fully saturated rings. The van der Waals surface area contributed by atoms with Crippen molar-refractivity contribution in [1.29, 1.82) is 26.3 Å². The smallest absolute Gasteiger partial charge is 0.202 e. The van der Waals surface area contributed by atoms with E-state index in [-0.39, 0.29) is 37.1 Å². The molecule has 0 aliphatic heterocycles. The van der Waals surface area contributed by atoms with Crippen molar-refractivity contribution in [2.45, 2.75) is 28.7 Å². The van der Waals surface area contributed by atoms with Gasteiger partial charge in [-0.15, -0.1) is 0 Å². The van der Waals surface area contributed by atoms with Crippen molar-refractivity contribution in [3.63, 3.8) is 0 Å². The highest BCUT2D eigenvalue weighted by atomic mass is 16.1. The summed E-state index contributed by atoms with van der Waals surface area (Å²) in [5.74, 6) is 0. The van der Waals surface area contributed by atoms with E-state index >= 15 is 0 Å². The third-order valence-corrected chi connectivity index (χ3v) is 14.9. The average molecular weight is 1240 g/mol. The van der Waals surface area contributed by atoms with Gasteiger partial charge in [-0.25, -0.2) is 4.85 Å². The first-order valence-electron chi connectivity index (χ1n) is 28.7.